The molecule has 1 heterocycles. The van der Waals surface area contributed by atoms with E-state index in [0.29, 0.717) is 6.04 Å². The van der Waals surface area contributed by atoms with Crippen LogP contribution < -0.4 is 5.32 Å². The van der Waals surface area contributed by atoms with Crippen LogP contribution in [-0.4, -0.2) is 6.54 Å². The molecule has 0 bridgehead atoms. The summed E-state index contributed by atoms with van der Waals surface area (Å²) in [4.78, 5) is 1.40. The van der Waals surface area contributed by atoms with Crippen molar-refractivity contribution >= 4 is 43.2 Å². The van der Waals surface area contributed by atoms with Gasteiger partial charge in [0.2, 0.25) is 0 Å². The molecule has 4 heteroatoms. The van der Waals surface area contributed by atoms with Crippen LogP contribution in [0.4, 0.5) is 0 Å². The zero-order valence-electron chi connectivity index (χ0n) is 11.5. The molecule has 20 heavy (non-hydrogen) atoms. The van der Waals surface area contributed by atoms with Crippen LogP contribution in [0, 0.1) is 0 Å². The summed E-state index contributed by atoms with van der Waals surface area (Å²) in [7, 11) is 0. The molecule has 1 unspecified atom stereocenters. The maximum absolute atomic E-state index is 3.59. The normalized spacial score (nSPS) is 12.6. The van der Waals surface area contributed by atoms with E-state index >= 15 is 0 Å². The Kier molecular flexibility index (Phi) is 6.75. The maximum Gasteiger partial charge on any atom is 0.0843 e. The van der Waals surface area contributed by atoms with Gasteiger partial charge in [-0.3, -0.25) is 0 Å². The van der Waals surface area contributed by atoms with E-state index in [1.807, 2.05) is 11.3 Å². The lowest BCUT2D eigenvalue weighted by Crippen LogP contribution is -2.20. The Morgan fingerprint density at radius 1 is 1.20 bits per heavy atom. The van der Waals surface area contributed by atoms with E-state index in [-0.39, 0.29) is 0 Å². The average molecular weight is 417 g/mol. The molecule has 1 atom stereocenters. The molecule has 2 aromatic rings. The van der Waals surface area contributed by atoms with Gasteiger partial charge in [0, 0.05) is 15.4 Å². The second-order valence-corrected chi connectivity index (χ2v) is 8.01. The Balaban J connectivity index is 1.92. The van der Waals surface area contributed by atoms with E-state index < -0.39 is 0 Å². The topological polar surface area (TPSA) is 12.0 Å². The number of aryl methyl sites for hydroxylation is 1. The van der Waals surface area contributed by atoms with Gasteiger partial charge in [-0.15, -0.1) is 11.3 Å². The molecule has 1 N–H and O–H groups in total. The molecule has 0 aliphatic rings. The SMILES string of the molecule is CCNC(CCCc1ccccc1)c1cc(Br)c(Br)s1. The highest BCUT2D eigenvalue weighted by molar-refractivity contribution is 9.13. The standard InChI is InChI=1S/C16H19Br2NS/c1-2-19-14(15-11-13(17)16(18)20-15)10-6-9-12-7-4-3-5-8-12/h3-5,7-8,11,14,19H,2,6,9-10H2,1H3. The smallest absolute Gasteiger partial charge is 0.0843 e. The van der Waals surface area contributed by atoms with Gasteiger partial charge in [-0.2, -0.15) is 0 Å². The summed E-state index contributed by atoms with van der Waals surface area (Å²) in [5.74, 6) is 0. The summed E-state index contributed by atoms with van der Waals surface area (Å²) >= 11 is 8.98. The van der Waals surface area contributed by atoms with Gasteiger partial charge in [0.15, 0.2) is 0 Å². The van der Waals surface area contributed by atoms with Crippen molar-refractivity contribution in [3.8, 4) is 0 Å². The molecular weight excluding hydrogens is 398 g/mol. The molecule has 1 aromatic carbocycles. The maximum atomic E-state index is 3.59. The quantitative estimate of drug-likeness (QED) is 0.588. The van der Waals surface area contributed by atoms with E-state index in [1.165, 1.54) is 27.1 Å². The van der Waals surface area contributed by atoms with E-state index in [2.05, 4.69) is 80.5 Å². The molecule has 2 rings (SSSR count). The van der Waals surface area contributed by atoms with E-state index in [9.17, 15) is 0 Å². The lowest BCUT2D eigenvalue weighted by atomic mass is 10.0. The first kappa shape index (κ1) is 16.2. The summed E-state index contributed by atoms with van der Waals surface area (Å²) in [5, 5.41) is 3.59. The number of benzene rings is 1. The predicted molar refractivity (Wildman–Crippen MR) is 95.5 cm³/mol. The number of thiophene rings is 1. The van der Waals surface area contributed by atoms with E-state index in [1.54, 1.807) is 0 Å². The minimum Gasteiger partial charge on any atom is -0.310 e. The molecule has 0 radical (unpaired) electrons. The van der Waals surface area contributed by atoms with Crippen LogP contribution in [0.1, 0.15) is 36.2 Å². The zero-order chi connectivity index (χ0) is 14.4. The van der Waals surface area contributed by atoms with Crippen LogP contribution in [0.2, 0.25) is 0 Å². The average Bonchev–Trinajstić information content (AvgIpc) is 2.79. The molecule has 1 nitrogen and oxygen atoms in total. The Morgan fingerprint density at radius 3 is 2.55 bits per heavy atom. The fourth-order valence-electron chi connectivity index (χ4n) is 2.28. The molecule has 0 aliphatic heterocycles. The van der Waals surface area contributed by atoms with Crippen molar-refractivity contribution in [1.29, 1.82) is 0 Å². The van der Waals surface area contributed by atoms with Gasteiger partial charge in [0.05, 0.1) is 3.79 Å². The molecule has 0 amide bonds. The first-order valence-electron chi connectivity index (χ1n) is 6.92. The van der Waals surface area contributed by atoms with Crippen molar-refractivity contribution in [3.05, 3.63) is 55.1 Å². The third-order valence-electron chi connectivity index (χ3n) is 3.26. The molecule has 0 spiro atoms. The van der Waals surface area contributed by atoms with Crippen LogP contribution in [0.5, 0.6) is 0 Å². The second kappa shape index (κ2) is 8.32. The van der Waals surface area contributed by atoms with Crippen LogP contribution in [0.3, 0.4) is 0 Å². The second-order valence-electron chi connectivity index (χ2n) is 4.76. The largest absolute Gasteiger partial charge is 0.310 e. The fraction of sp³-hybridized carbons (Fsp3) is 0.375. The van der Waals surface area contributed by atoms with Gasteiger partial charge < -0.3 is 5.32 Å². The number of nitrogens with one attached hydrogen (secondary N) is 1. The molecule has 108 valence electrons. The van der Waals surface area contributed by atoms with Crippen molar-refractivity contribution in [2.75, 3.05) is 6.54 Å². The van der Waals surface area contributed by atoms with Crippen LogP contribution in [-0.2, 0) is 6.42 Å². The highest BCUT2D eigenvalue weighted by Gasteiger charge is 2.14. The van der Waals surface area contributed by atoms with E-state index in [4.69, 9.17) is 0 Å². The fourth-order valence-corrected chi connectivity index (χ4v) is 4.48. The minimum absolute atomic E-state index is 0.455. The highest BCUT2D eigenvalue weighted by atomic mass is 79.9. The number of hydrogen-bond donors (Lipinski definition) is 1. The summed E-state index contributed by atoms with van der Waals surface area (Å²) in [6.07, 6.45) is 3.52. The minimum atomic E-state index is 0.455. The Labute approximate surface area is 142 Å². The molecule has 0 fully saturated rings. The van der Waals surface area contributed by atoms with Gasteiger partial charge in [-0.1, -0.05) is 37.3 Å². The first-order valence-corrected chi connectivity index (χ1v) is 9.33. The molecular formula is C16H19Br2NS. The van der Waals surface area contributed by atoms with Crippen LogP contribution in [0.25, 0.3) is 0 Å². The van der Waals surface area contributed by atoms with Crippen LogP contribution >= 0.6 is 43.2 Å². The summed E-state index contributed by atoms with van der Waals surface area (Å²) < 4.78 is 2.34. The lowest BCUT2D eigenvalue weighted by Gasteiger charge is -2.16. The summed E-state index contributed by atoms with van der Waals surface area (Å²) in [6.45, 7) is 3.17. The number of hydrogen-bond acceptors (Lipinski definition) is 2. The Morgan fingerprint density at radius 2 is 1.95 bits per heavy atom. The van der Waals surface area contributed by atoms with Crippen molar-refractivity contribution < 1.29 is 0 Å². The number of rotatable bonds is 7. The Bertz CT molecular complexity index is 505. The van der Waals surface area contributed by atoms with Crippen molar-refractivity contribution in [3.63, 3.8) is 0 Å². The lowest BCUT2D eigenvalue weighted by molar-refractivity contribution is 0.505. The molecule has 0 saturated heterocycles. The van der Waals surface area contributed by atoms with E-state index in [0.717, 1.165) is 17.4 Å². The first-order chi connectivity index (χ1) is 9.70. The summed E-state index contributed by atoms with van der Waals surface area (Å²) in [5.41, 5.74) is 1.43. The van der Waals surface area contributed by atoms with Crippen molar-refractivity contribution in [1.82, 2.24) is 5.32 Å². The monoisotopic (exact) mass is 415 g/mol. The third kappa shape index (κ3) is 4.69. The van der Waals surface area contributed by atoms with Crippen molar-refractivity contribution in [2.45, 2.75) is 32.2 Å². The van der Waals surface area contributed by atoms with Gasteiger partial charge in [0.25, 0.3) is 0 Å². The van der Waals surface area contributed by atoms with Crippen LogP contribution in [0.15, 0.2) is 44.7 Å². The van der Waals surface area contributed by atoms with Gasteiger partial charge in [-0.25, -0.2) is 0 Å². The zero-order valence-corrected chi connectivity index (χ0v) is 15.5. The van der Waals surface area contributed by atoms with Crippen molar-refractivity contribution in [2.24, 2.45) is 0 Å². The Hall–Kier alpha value is -0.160. The number of halogens is 2. The molecule has 0 aliphatic carbocycles. The van der Waals surface area contributed by atoms with Gasteiger partial charge >= 0.3 is 0 Å². The molecule has 0 saturated carbocycles. The summed E-state index contributed by atoms with van der Waals surface area (Å²) in [6, 6.07) is 13.4. The molecule has 1 aromatic heterocycles. The van der Waals surface area contributed by atoms with Gasteiger partial charge in [0.1, 0.15) is 0 Å². The van der Waals surface area contributed by atoms with Gasteiger partial charge in [-0.05, 0) is 69.3 Å². The third-order valence-corrected chi connectivity index (χ3v) is 6.63. The highest BCUT2D eigenvalue weighted by Crippen LogP contribution is 2.36. The predicted octanol–water partition coefficient (Wildman–Crippen LogP) is 5.95.